The number of rotatable bonds is 6. The van der Waals surface area contributed by atoms with E-state index in [0.717, 1.165) is 43.4 Å². The van der Waals surface area contributed by atoms with Gasteiger partial charge >= 0.3 is 0 Å². The molecule has 0 bridgehead atoms. The lowest BCUT2D eigenvalue weighted by atomic mass is 9.76. The predicted octanol–water partition coefficient (Wildman–Crippen LogP) is 4.52. The van der Waals surface area contributed by atoms with Crippen molar-refractivity contribution in [2.45, 2.75) is 64.5 Å². The Morgan fingerprint density at radius 3 is 2.57 bits per heavy atom. The Hall–Kier alpha value is -0.930. The van der Waals surface area contributed by atoms with Gasteiger partial charge in [-0.2, -0.15) is 0 Å². The first-order valence-electron chi connectivity index (χ1n) is 8.26. The van der Waals surface area contributed by atoms with Crippen LogP contribution in [0.5, 0.6) is 0 Å². The summed E-state index contributed by atoms with van der Waals surface area (Å²) >= 11 is 0. The summed E-state index contributed by atoms with van der Waals surface area (Å²) in [4.78, 5) is 0. The Kier molecular flexibility index (Phi) is 5.77. The highest BCUT2D eigenvalue weighted by Crippen LogP contribution is 2.42. The van der Waals surface area contributed by atoms with Crippen LogP contribution in [0.15, 0.2) is 18.2 Å². The average Bonchev–Trinajstić information content (AvgIpc) is 2.49. The molecule has 1 atom stereocenters. The van der Waals surface area contributed by atoms with E-state index in [9.17, 15) is 4.39 Å². The van der Waals surface area contributed by atoms with Crippen molar-refractivity contribution in [3.63, 3.8) is 0 Å². The van der Waals surface area contributed by atoms with Crippen molar-refractivity contribution in [3.05, 3.63) is 35.1 Å². The third kappa shape index (κ3) is 3.64. The Morgan fingerprint density at radius 1 is 1.24 bits per heavy atom. The van der Waals surface area contributed by atoms with Gasteiger partial charge in [-0.15, -0.1) is 0 Å². The van der Waals surface area contributed by atoms with Crippen LogP contribution < -0.4 is 5.32 Å². The smallest absolute Gasteiger partial charge is 0.128 e. The topological polar surface area (TPSA) is 21.3 Å². The number of ether oxygens (including phenoxy) is 1. The molecule has 118 valence electrons. The molecule has 3 heteroatoms. The van der Waals surface area contributed by atoms with E-state index in [0.29, 0.717) is 6.61 Å². The lowest BCUT2D eigenvalue weighted by Crippen LogP contribution is -2.48. The Labute approximate surface area is 128 Å². The van der Waals surface area contributed by atoms with Crippen molar-refractivity contribution in [1.82, 2.24) is 5.32 Å². The van der Waals surface area contributed by atoms with Crippen molar-refractivity contribution in [2.75, 3.05) is 13.2 Å². The van der Waals surface area contributed by atoms with E-state index in [1.807, 2.05) is 26.0 Å². The second-order valence-corrected chi connectivity index (χ2v) is 6.07. The lowest BCUT2D eigenvalue weighted by Gasteiger charge is -2.44. The van der Waals surface area contributed by atoms with Crippen LogP contribution in [-0.2, 0) is 4.74 Å². The highest BCUT2D eigenvalue weighted by Gasteiger charge is 2.42. The third-order valence-electron chi connectivity index (χ3n) is 4.53. The zero-order valence-electron chi connectivity index (χ0n) is 13.5. The Morgan fingerprint density at radius 2 is 1.95 bits per heavy atom. The van der Waals surface area contributed by atoms with Gasteiger partial charge in [0.25, 0.3) is 0 Å². The molecule has 0 spiro atoms. The lowest BCUT2D eigenvalue weighted by molar-refractivity contribution is -0.0916. The van der Waals surface area contributed by atoms with Crippen LogP contribution in [0.1, 0.15) is 63.1 Å². The van der Waals surface area contributed by atoms with E-state index in [-0.39, 0.29) is 17.5 Å². The van der Waals surface area contributed by atoms with E-state index in [4.69, 9.17) is 4.74 Å². The molecule has 0 saturated heterocycles. The molecule has 2 nitrogen and oxygen atoms in total. The largest absolute Gasteiger partial charge is 0.373 e. The van der Waals surface area contributed by atoms with Crippen molar-refractivity contribution in [3.8, 4) is 0 Å². The molecular formula is C18H28FNO. The molecule has 1 fully saturated rings. The van der Waals surface area contributed by atoms with Gasteiger partial charge in [0.1, 0.15) is 5.82 Å². The molecule has 0 amide bonds. The second kappa shape index (κ2) is 7.37. The van der Waals surface area contributed by atoms with Crippen LogP contribution in [0, 0.1) is 12.7 Å². The fourth-order valence-electron chi connectivity index (χ4n) is 3.62. The molecule has 0 heterocycles. The van der Waals surface area contributed by atoms with Gasteiger partial charge in [0, 0.05) is 12.2 Å². The van der Waals surface area contributed by atoms with E-state index in [1.165, 1.54) is 6.42 Å². The average molecular weight is 293 g/mol. The highest BCUT2D eigenvalue weighted by molar-refractivity contribution is 5.29. The summed E-state index contributed by atoms with van der Waals surface area (Å²) in [5.74, 6) is -0.129. The monoisotopic (exact) mass is 293 g/mol. The van der Waals surface area contributed by atoms with Gasteiger partial charge in [-0.1, -0.05) is 43.9 Å². The first kappa shape index (κ1) is 16.4. The minimum Gasteiger partial charge on any atom is -0.373 e. The van der Waals surface area contributed by atoms with Gasteiger partial charge in [0.15, 0.2) is 0 Å². The molecule has 1 aromatic carbocycles. The number of aryl methyl sites for hydroxylation is 1. The first-order valence-corrected chi connectivity index (χ1v) is 8.26. The van der Waals surface area contributed by atoms with E-state index in [2.05, 4.69) is 12.2 Å². The highest BCUT2D eigenvalue weighted by atomic mass is 19.1. The first-order chi connectivity index (χ1) is 10.1. The maximum absolute atomic E-state index is 14.4. The molecular weight excluding hydrogens is 265 g/mol. The fourth-order valence-corrected chi connectivity index (χ4v) is 3.62. The number of hydrogen-bond donors (Lipinski definition) is 1. The summed E-state index contributed by atoms with van der Waals surface area (Å²) in [5, 5.41) is 3.50. The summed E-state index contributed by atoms with van der Waals surface area (Å²) in [5.41, 5.74) is 1.58. The zero-order chi connectivity index (χ0) is 15.3. The van der Waals surface area contributed by atoms with E-state index in [1.54, 1.807) is 6.07 Å². The van der Waals surface area contributed by atoms with Gasteiger partial charge in [-0.3, -0.25) is 0 Å². The van der Waals surface area contributed by atoms with Crippen molar-refractivity contribution >= 4 is 0 Å². The standard InChI is InChI=1S/C18H28FNO/c1-4-20-17(15-13-14(3)9-10-16(15)19)18(21-5-2)11-7-6-8-12-18/h9-10,13,17,20H,4-8,11-12H2,1-3H3. The zero-order valence-corrected chi connectivity index (χ0v) is 13.5. The van der Waals surface area contributed by atoms with Crippen LogP contribution in [0.3, 0.4) is 0 Å². The Bertz CT molecular complexity index is 449. The number of hydrogen-bond acceptors (Lipinski definition) is 2. The molecule has 1 unspecified atom stereocenters. The van der Waals surface area contributed by atoms with Crippen LogP contribution in [0.25, 0.3) is 0 Å². The van der Waals surface area contributed by atoms with Gasteiger partial charge < -0.3 is 10.1 Å². The second-order valence-electron chi connectivity index (χ2n) is 6.07. The summed E-state index contributed by atoms with van der Waals surface area (Å²) in [6.45, 7) is 7.61. The van der Waals surface area contributed by atoms with Crippen LogP contribution in [0.2, 0.25) is 0 Å². The van der Waals surface area contributed by atoms with Crippen molar-refractivity contribution in [1.29, 1.82) is 0 Å². The molecule has 1 N–H and O–H groups in total. The van der Waals surface area contributed by atoms with Crippen LogP contribution in [-0.4, -0.2) is 18.8 Å². The minimum absolute atomic E-state index is 0.0670. The fraction of sp³-hybridized carbons (Fsp3) is 0.667. The molecule has 0 radical (unpaired) electrons. The molecule has 21 heavy (non-hydrogen) atoms. The minimum atomic E-state index is -0.266. The SMILES string of the molecule is CCNC(c1cc(C)ccc1F)C1(OCC)CCCCC1. The molecule has 1 aliphatic rings. The summed E-state index contributed by atoms with van der Waals surface area (Å²) in [6.07, 6.45) is 5.59. The number of benzene rings is 1. The van der Waals surface area contributed by atoms with Gasteiger partial charge in [-0.05, 0) is 39.3 Å². The molecule has 1 aliphatic carbocycles. The van der Waals surface area contributed by atoms with Crippen LogP contribution >= 0.6 is 0 Å². The quantitative estimate of drug-likeness (QED) is 0.832. The third-order valence-corrected chi connectivity index (χ3v) is 4.53. The predicted molar refractivity (Wildman–Crippen MR) is 85.0 cm³/mol. The molecule has 1 aromatic rings. The van der Waals surface area contributed by atoms with Crippen molar-refractivity contribution < 1.29 is 9.13 Å². The van der Waals surface area contributed by atoms with E-state index < -0.39 is 0 Å². The normalized spacial score (nSPS) is 19.4. The van der Waals surface area contributed by atoms with Gasteiger partial charge in [0.05, 0.1) is 11.6 Å². The van der Waals surface area contributed by atoms with E-state index >= 15 is 0 Å². The Balaban J connectivity index is 2.41. The van der Waals surface area contributed by atoms with Gasteiger partial charge in [-0.25, -0.2) is 4.39 Å². The molecule has 0 aromatic heterocycles. The molecule has 0 aliphatic heterocycles. The number of halogens is 1. The van der Waals surface area contributed by atoms with Gasteiger partial charge in [0.2, 0.25) is 0 Å². The molecule has 1 saturated carbocycles. The maximum Gasteiger partial charge on any atom is 0.128 e. The number of nitrogens with one attached hydrogen (secondary N) is 1. The number of likely N-dealkylation sites (N-methyl/N-ethyl adjacent to an activating group) is 1. The summed E-state index contributed by atoms with van der Waals surface area (Å²) < 4.78 is 20.6. The van der Waals surface area contributed by atoms with Crippen molar-refractivity contribution in [2.24, 2.45) is 0 Å². The summed E-state index contributed by atoms with van der Waals surface area (Å²) in [7, 11) is 0. The maximum atomic E-state index is 14.4. The molecule has 2 rings (SSSR count). The van der Waals surface area contributed by atoms with Crippen LogP contribution in [0.4, 0.5) is 4.39 Å². The summed E-state index contributed by atoms with van der Waals surface area (Å²) in [6, 6.07) is 5.31.